The van der Waals surface area contributed by atoms with Gasteiger partial charge in [0.2, 0.25) is 5.91 Å². The summed E-state index contributed by atoms with van der Waals surface area (Å²) >= 11 is 1.58. The molecule has 0 N–H and O–H groups in total. The second-order valence-electron chi connectivity index (χ2n) is 8.52. The lowest BCUT2D eigenvalue weighted by Gasteiger charge is -2.26. The summed E-state index contributed by atoms with van der Waals surface area (Å²) < 4.78 is 1.10. The van der Waals surface area contributed by atoms with E-state index in [-0.39, 0.29) is 5.91 Å². The molecule has 0 atom stereocenters. The second kappa shape index (κ2) is 9.62. The predicted molar refractivity (Wildman–Crippen MR) is 141 cm³/mol. The highest BCUT2D eigenvalue weighted by molar-refractivity contribution is 7.22. The Balaban J connectivity index is 1.64. The molecule has 3 nitrogen and oxygen atoms in total. The highest BCUT2D eigenvalue weighted by atomic mass is 32.1. The largest absolute Gasteiger partial charge is 0.283 e. The molecule has 1 amide bonds. The molecule has 0 unspecified atom stereocenters. The topological polar surface area (TPSA) is 33.2 Å². The minimum absolute atomic E-state index is 0.0229. The van der Waals surface area contributed by atoms with Gasteiger partial charge in [-0.2, -0.15) is 0 Å². The third kappa shape index (κ3) is 4.37. The number of benzene rings is 4. The van der Waals surface area contributed by atoms with E-state index in [1.165, 1.54) is 5.56 Å². The van der Waals surface area contributed by atoms with Gasteiger partial charge in [0.1, 0.15) is 0 Å². The summed E-state index contributed by atoms with van der Waals surface area (Å²) in [6.07, 6.45) is 0. The normalized spacial score (nSPS) is 11.1. The van der Waals surface area contributed by atoms with E-state index in [2.05, 4.69) is 38.1 Å². The number of rotatable bonds is 6. The van der Waals surface area contributed by atoms with E-state index in [1.54, 1.807) is 11.3 Å². The van der Waals surface area contributed by atoms with E-state index >= 15 is 0 Å². The van der Waals surface area contributed by atoms with Gasteiger partial charge in [-0.05, 0) is 47.7 Å². The van der Waals surface area contributed by atoms with Crippen molar-refractivity contribution in [2.45, 2.75) is 26.3 Å². The summed E-state index contributed by atoms with van der Waals surface area (Å²) in [6, 6.07) is 34.4. The molecule has 34 heavy (non-hydrogen) atoms. The Bertz CT molecular complexity index is 1370. The molecule has 0 saturated carbocycles. The van der Waals surface area contributed by atoms with Crippen molar-refractivity contribution in [3.63, 3.8) is 0 Å². The average Bonchev–Trinajstić information content (AvgIpc) is 3.32. The monoisotopic (exact) mass is 462 g/mol. The first-order chi connectivity index (χ1) is 16.6. The van der Waals surface area contributed by atoms with Crippen LogP contribution in [-0.4, -0.2) is 10.9 Å². The Kier molecular flexibility index (Phi) is 6.24. The van der Waals surface area contributed by atoms with Gasteiger partial charge < -0.3 is 0 Å². The molecule has 1 aromatic heterocycles. The number of carbonyl (C=O) groups excluding carboxylic acids is 1. The molecule has 4 heteroatoms. The maximum absolute atomic E-state index is 14.4. The van der Waals surface area contributed by atoms with Crippen LogP contribution in [0.3, 0.4) is 0 Å². The standard InChI is InChI=1S/C30H26N2OS/c1-21-18-19-26-28(22(21)2)31-30(34-26)32(20-23-12-6-3-7-13-23)29(33)27(24-14-8-4-9-15-24)25-16-10-5-11-17-25/h3-19,27H,20H2,1-2H3. The summed E-state index contributed by atoms with van der Waals surface area (Å²) in [4.78, 5) is 21.2. The number of aryl methyl sites for hydroxylation is 2. The number of carbonyl (C=O) groups is 1. The first kappa shape index (κ1) is 22.1. The summed E-state index contributed by atoms with van der Waals surface area (Å²) in [7, 11) is 0. The van der Waals surface area contributed by atoms with Crippen molar-refractivity contribution in [1.29, 1.82) is 0 Å². The van der Waals surface area contributed by atoms with E-state index in [4.69, 9.17) is 4.98 Å². The van der Waals surface area contributed by atoms with E-state index in [0.717, 1.165) is 37.6 Å². The van der Waals surface area contributed by atoms with Gasteiger partial charge >= 0.3 is 0 Å². The quantitative estimate of drug-likeness (QED) is 0.266. The maximum Gasteiger partial charge on any atom is 0.241 e. The van der Waals surface area contributed by atoms with Crippen molar-refractivity contribution in [2.24, 2.45) is 0 Å². The molecule has 1 heterocycles. The molecule has 0 bridgehead atoms. The lowest BCUT2D eigenvalue weighted by molar-refractivity contribution is -0.119. The highest BCUT2D eigenvalue weighted by Gasteiger charge is 2.30. The first-order valence-corrected chi connectivity index (χ1v) is 12.3. The maximum atomic E-state index is 14.4. The summed E-state index contributed by atoms with van der Waals surface area (Å²) in [6.45, 7) is 4.66. The van der Waals surface area contributed by atoms with Gasteiger partial charge in [-0.25, -0.2) is 4.98 Å². The zero-order chi connectivity index (χ0) is 23.5. The fourth-order valence-electron chi connectivity index (χ4n) is 4.26. The molecule has 168 valence electrons. The van der Waals surface area contributed by atoms with E-state index in [1.807, 2.05) is 83.8 Å². The molecule has 0 aliphatic carbocycles. The van der Waals surface area contributed by atoms with E-state index < -0.39 is 5.92 Å². The summed E-state index contributed by atoms with van der Waals surface area (Å²) in [5.41, 5.74) is 6.37. The Morgan fingerprint density at radius 1 is 0.794 bits per heavy atom. The van der Waals surface area contributed by atoms with Gasteiger partial charge in [-0.1, -0.05) is 108 Å². The van der Waals surface area contributed by atoms with Crippen molar-refractivity contribution < 1.29 is 4.79 Å². The van der Waals surface area contributed by atoms with E-state index in [0.29, 0.717) is 6.54 Å². The average molecular weight is 463 g/mol. The van der Waals surface area contributed by atoms with Crippen LogP contribution in [-0.2, 0) is 11.3 Å². The van der Waals surface area contributed by atoms with Gasteiger partial charge in [-0.15, -0.1) is 0 Å². The Hall–Kier alpha value is -3.76. The fraction of sp³-hybridized carbons (Fsp3) is 0.133. The van der Waals surface area contributed by atoms with Gasteiger partial charge in [0.05, 0.1) is 22.7 Å². The predicted octanol–water partition coefficient (Wildman–Crippen LogP) is 7.28. The number of nitrogens with zero attached hydrogens (tertiary/aromatic N) is 2. The molecular weight excluding hydrogens is 436 g/mol. The molecule has 0 aliphatic rings. The summed E-state index contributed by atoms with van der Waals surface area (Å²) in [5.74, 6) is -0.393. The van der Waals surface area contributed by atoms with Crippen LogP contribution in [0.5, 0.6) is 0 Å². The van der Waals surface area contributed by atoms with Crippen molar-refractivity contribution in [1.82, 2.24) is 4.98 Å². The number of amides is 1. The van der Waals surface area contributed by atoms with Crippen LogP contribution in [0.25, 0.3) is 10.2 Å². The molecule has 5 aromatic rings. The fourth-order valence-corrected chi connectivity index (χ4v) is 5.29. The van der Waals surface area contributed by atoms with Crippen LogP contribution >= 0.6 is 11.3 Å². The number of aromatic nitrogens is 1. The molecular formula is C30H26N2OS. The third-order valence-electron chi connectivity index (χ3n) is 6.27. The number of thiazole rings is 1. The van der Waals surface area contributed by atoms with Crippen molar-refractivity contribution in [3.05, 3.63) is 131 Å². The molecule has 0 aliphatic heterocycles. The van der Waals surface area contributed by atoms with Crippen molar-refractivity contribution >= 4 is 32.6 Å². The minimum atomic E-state index is -0.416. The number of fused-ring (bicyclic) bond motifs is 1. The Labute approximate surface area is 204 Å². The van der Waals surface area contributed by atoms with Gasteiger partial charge in [0.25, 0.3) is 0 Å². The van der Waals surface area contributed by atoms with Gasteiger partial charge in [0, 0.05) is 0 Å². The number of hydrogen-bond acceptors (Lipinski definition) is 3. The van der Waals surface area contributed by atoms with Crippen molar-refractivity contribution in [3.8, 4) is 0 Å². The lowest BCUT2D eigenvalue weighted by Crippen LogP contribution is -2.35. The molecule has 0 spiro atoms. The van der Waals surface area contributed by atoms with Crippen LogP contribution in [0, 0.1) is 13.8 Å². The minimum Gasteiger partial charge on any atom is -0.283 e. The van der Waals surface area contributed by atoms with Crippen LogP contribution < -0.4 is 4.90 Å². The SMILES string of the molecule is Cc1ccc2sc(N(Cc3ccccc3)C(=O)C(c3ccccc3)c3ccccc3)nc2c1C. The van der Waals surface area contributed by atoms with Gasteiger partial charge in [0.15, 0.2) is 5.13 Å². The highest BCUT2D eigenvalue weighted by Crippen LogP contribution is 2.36. The molecule has 0 fully saturated rings. The van der Waals surface area contributed by atoms with Crippen LogP contribution in [0.4, 0.5) is 5.13 Å². The Morgan fingerprint density at radius 2 is 1.35 bits per heavy atom. The van der Waals surface area contributed by atoms with Crippen LogP contribution in [0.15, 0.2) is 103 Å². The number of hydrogen-bond donors (Lipinski definition) is 0. The lowest BCUT2D eigenvalue weighted by atomic mass is 9.90. The van der Waals surface area contributed by atoms with Gasteiger partial charge in [-0.3, -0.25) is 9.69 Å². The molecule has 4 aromatic carbocycles. The Morgan fingerprint density at radius 3 is 1.94 bits per heavy atom. The van der Waals surface area contributed by atoms with Crippen molar-refractivity contribution in [2.75, 3.05) is 4.90 Å². The van der Waals surface area contributed by atoms with E-state index in [9.17, 15) is 4.79 Å². The summed E-state index contributed by atoms with van der Waals surface area (Å²) in [5, 5.41) is 0.731. The van der Waals surface area contributed by atoms with Crippen LogP contribution in [0.2, 0.25) is 0 Å². The zero-order valence-corrected chi connectivity index (χ0v) is 20.1. The van der Waals surface area contributed by atoms with Crippen LogP contribution in [0.1, 0.15) is 33.7 Å². The number of anilines is 1. The smallest absolute Gasteiger partial charge is 0.241 e. The third-order valence-corrected chi connectivity index (χ3v) is 7.31. The first-order valence-electron chi connectivity index (χ1n) is 11.4. The molecule has 0 saturated heterocycles. The molecule has 5 rings (SSSR count). The zero-order valence-electron chi connectivity index (χ0n) is 19.3. The second-order valence-corrected chi connectivity index (χ2v) is 9.52. The molecule has 0 radical (unpaired) electrons.